The lowest BCUT2D eigenvalue weighted by atomic mass is 10.2. The van der Waals surface area contributed by atoms with Gasteiger partial charge in [-0.2, -0.15) is 0 Å². The highest BCUT2D eigenvalue weighted by Gasteiger charge is 2.32. The maximum absolute atomic E-state index is 11.3. The Labute approximate surface area is 123 Å². The van der Waals surface area contributed by atoms with E-state index in [9.17, 15) is 19.2 Å². The second kappa shape index (κ2) is 7.34. The third-order valence-corrected chi connectivity index (χ3v) is 4.64. The van der Waals surface area contributed by atoms with Crippen molar-refractivity contribution in [3.8, 4) is 0 Å². The van der Waals surface area contributed by atoms with Crippen LogP contribution < -0.4 is 0 Å². The monoisotopic (exact) mass is 320 g/mol. The second-order valence-corrected chi connectivity index (χ2v) is 6.10. The van der Waals surface area contributed by atoms with Gasteiger partial charge in [-0.1, -0.05) is 0 Å². The minimum absolute atomic E-state index is 0.0787. The van der Waals surface area contributed by atoms with Gasteiger partial charge in [0.2, 0.25) is 0 Å². The molecule has 1 N–H and O–H groups in total. The van der Waals surface area contributed by atoms with Crippen LogP contribution in [-0.4, -0.2) is 46.6 Å². The van der Waals surface area contributed by atoms with Crippen LogP contribution >= 0.6 is 23.5 Å². The van der Waals surface area contributed by atoms with Crippen LogP contribution in [0.1, 0.15) is 13.8 Å². The number of rotatable bonds is 4. The topological polar surface area (TPSA) is 110 Å². The van der Waals surface area contributed by atoms with Crippen molar-refractivity contribution in [3.05, 3.63) is 9.81 Å². The number of aliphatic carboxylic acids is 1. The molecule has 0 saturated carbocycles. The van der Waals surface area contributed by atoms with Crippen LogP contribution in [0.25, 0.3) is 0 Å². The number of hydrogen-bond acceptors (Lipinski definition) is 8. The number of carboxylic acids is 1. The van der Waals surface area contributed by atoms with Gasteiger partial charge in [0.25, 0.3) is 5.78 Å². The molecule has 0 aliphatic carbocycles. The largest absolute Gasteiger partial charge is 0.475 e. The van der Waals surface area contributed by atoms with E-state index in [1.54, 1.807) is 13.8 Å². The first-order chi connectivity index (χ1) is 9.38. The molecule has 2 heterocycles. The number of hydrogen-bond donors (Lipinski definition) is 1. The second-order valence-electron chi connectivity index (χ2n) is 3.50. The van der Waals surface area contributed by atoms with Gasteiger partial charge in [0, 0.05) is 5.08 Å². The fraction of sp³-hybridized carbons (Fsp3) is 0.455. The number of cyclic esters (lactones) is 1. The standard InChI is InChI=1S/C8H8O5S2.C3H4O2/c1-2-13-7(12)4(5(9)6(10)11)8-14-3-15-8;1-2-3(4)5-2/h2-3H2,1H3,(H,10,11);2H,1H3. The molecule has 0 aromatic rings. The fourth-order valence-corrected chi connectivity index (χ4v) is 2.56. The lowest BCUT2D eigenvalue weighted by molar-refractivity contribution is -0.150. The maximum Gasteiger partial charge on any atom is 0.377 e. The summed E-state index contributed by atoms with van der Waals surface area (Å²) in [5, 5.41) is 9.24. The number of thioether (sulfide) groups is 2. The highest BCUT2D eigenvalue weighted by atomic mass is 32.3. The van der Waals surface area contributed by atoms with Gasteiger partial charge in [0.15, 0.2) is 6.10 Å². The highest BCUT2D eigenvalue weighted by Crippen LogP contribution is 2.45. The molecule has 0 aromatic heterocycles. The summed E-state index contributed by atoms with van der Waals surface area (Å²) in [6.45, 7) is 3.42. The molecule has 20 heavy (non-hydrogen) atoms. The van der Waals surface area contributed by atoms with Crippen molar-refractivity contribution in [2.24, 2.45) is 0 Å². The predicted molar refractivity (Wildman–Crippen MR) is 71.9 cm³/mol. The number of esters is 1. The van der Waals surface area contributed by atoms with Crippen LogP contribution in [0.5, 0.6) is 0 Å². The van der Waals surface area contributed by atoms with E-state index in [0.29, 0.717) is 9.32 Å². The summed E-state index contributed by atoms with van der Waals surface area (Å²) < 4.78 is 9.33. The summed E-state index contributed by atoms with van der Waals surface area (Å²) >= 11 is 2.54. The molecular formula is C11H12O7S2. The quantitative estimate of drug-likeness (QED) is 0.201. The molecule has 1 unspecified atom stereocenters. The number of ether oxygens (including phenoxy) is 2. The Balaban J connectivity index is 0.000000333. The molecular weight excluding hydrogens is 308 g/mol. The molecule has 1 atom stereocenters. The molecule has 2 saturated heterocycles. The molecule has 0 bridgehead atoms. The average Bonchev–Trinajstić information content (AvgIpc) is 2.96. The lowest BCUT2D eigenvalue weighted by Crippen LogP contribution is -2.24. The summed E-state index contributed by atoms with van der Waals surface area (Å²) in [6, 6.07) is 0. The Kier molecular flexibility index (Phi) is 6.08. The van der Waals surface area contributed by atoms with E-state index >= 15 is 0 Å². The minimum Gasteiger partial charge on any atom is -0.475 e. The van der Waals surface area contributed by atoms with Gasteiger partial charge in [-0.15, -0.1) is 23.5 Å². The molecule has 0 spiro atoms. The first kappa shape index (κ1) is 16.6. The van der Waals surface area contributed by atoms with Crippen LogP contribution in [0.2, 0.25) is 0 Å². The molecule has 0 amide bonds. The third kappa shape index (κ3) is 4.57. The van der Waals surface area contributed by atoms with Crippen LogP contribution in [0.4, 0.5) is 0 Å². The normalized spacial score (nSPS) is 18.8. The number of carbonyl (C=O) groups excluding carboxylic acids is 3. The number of Topliss-reactive ketones (excluding diaryl/α,β-unsaturated/α-hetero) is 1. The molecule has 110 valence electrons. The number of carbonyl (C=O) groups is 4. The van der Waals surface area contributed by atoms with Gasteiger partial charge in [0.1, 0.15) is 5.57 Å². The van der Waals surface area contributed by atoms with Crippen LogP contribution in [0.15, 0.2) is 9.81 Å². The van der Waals surface area contributed by atoms with Crippen molar-refractivity contribution >= 4 is 47.2 Å². The van der Waals surface area contributed by atoms with Gasteiger partial charge in [0.05, 0.1) is 10.8 Å². The van der Waals surface area contributed by atoms with Crippen molar-refractivity contribution in [2.75, 3.05) is 11.7 Å². The summed E-state index contributed by atoms with van der Waals surface area (Å²) in [6.07, 6.45) is -0.0880. The predicted octanol–water partition coefficient (Wildman–Crippen LogP) is 0.784. The Morgan fingerprint density at radius 3 is 2.15 bits per heavy atom. The highest BCUT2D eigenvalue weighted by molar-refractivity contribution is 8.37. The summed E-state index contributed by atoms with van der Waals surface area (Å²) in [4.78, 5) is 42.7. The Morgan fingerprint density at radius 2 is 1.90 bits per heavy atom. The minimum atomic E-state index is -1.64. The van der Waals surface area contributed by atoms with Gasteiger partial charge in [-0.3, -0.25) is 4.79 Å². The fourth-order valence-electron chi connectivity index (χ4n) is 0.981. The zero-order chi connectivity index (χ0) is 15.3. The molecule has 0 aromatic carbocycles. The summed E-state index contributed by atoms with van der Waals surface area (Å²) in [5.41, 5.74) is -0.356. The maximum atomic E-state index is 11.3. The van der Waals surface area contributed by atoms with Gasteiger partial charge in [-0.25, -0.2) is 14.4 Å². The van der Waals surface area contributed by atoms with E-state index in [1.807, 2.05) is 0 Å². The first-order valence-corrected chi connectivity index (χ1v) is 7.50. The molecule has 2 rings (SSSR count). The molecule has 2 aliphatic rings. The zero-order valence-electron chi connectivity index (χ0n) is 10.7. The number of epoxide rings is 1. The van der Waals surface area contributed by atoms with Crippen molar-refractivity contribution in [2.45, 2.75) is 20.0 Å². The van der Waals surface area contributed by atoms with Crippen molar-refractivity contribution in [1.29, 1.82) is 0 Å². The smallest absolute Gasteiger partial charge is 0.377 e. The average molecular weight is 320 g/mol. The molecule has 0 radical (unpaired) electrons. The Bertz CT molecular complexity index is 477. The van der Waals surface area contributed by atoms with Gasteiger partial charge < -0.3 is 14.6 Å². The lowest BCUT2D eigenvalue weighted by Gasteiger charge is -2.17. The third-order valence-electron chi connectivity index (χ3n) is 2.05. The van der Waals surface area contributed by atoms with E-state index < -0.39 is 17.7 Å². The van der Waals surface area contributed by atoms with E-state index in [4.69, 9.17) is 5.11 Å². The molecule has 2 aliphatic heterocycles. The number of carboxylic acid groups (broad SMARTS) is 1. The van der Waals surface area contributed by atoms with E-state index in [0.717, 1.165) is 0 Å². The molecule has 7 nitrogen and oxygen atoms in total. The van der Waals surface area contributed by atoms with E-state index in [2.05, 4.69) is 9.47 Å². The molecule has 9 heteroatoms. The van der Waals surface area contributed by atoms with E-state index in [-0.39, 0.29) is 24.3 Å². The Hall–Kier alpha value is -1.48. The Morgan fingerprint density at radius 1 is 1.40 bits per heavy atom. The SMILES string of the molecule is CC1OC1=O.CCOC(=O)C(C(=O)C(=O)O)=C1SCS1. The summed E-state index contributed by atoms with van der Waals surface area (Å²) in [5.74, 6) is -3.79. The van der Waals surface area contributed by atoms with Crippen LogP contribution in [0.3, 0.4) is 0 Å². The first-order valence-electron chi connectivity index (χ1n) is 5.53. The van der Waals surface area contributed by atoms with Gasteiger partial charge >= 0.3 is 17.9 Å². The zero-order valence-corrected chi connectivity index (χ0v) is 12.3. The molecule has 2 fully saturated rings. The van der Waals surface area contributed by atoms with Crippen molar-refractivity contribution in [1.82, 2.24) is 0 Å². The summed E-state index contributed by atoms with van der Waals surface area (Å²) in [7, 11) is 0. The van der Waals surface area contributed by atoms with Crippen LogP contribution in [0, 0.1) is 0 Å². The van der Waals surface area contributed by atoms with Crippen molar-refractivity contribution < 1.29 is 33.8 Å². The van der Waals surface area contributed by atoms with Crippen LogP contribution in [-0.2, 0) is 28.7 Å². The van der Waals surface area contributed by atoms with Gasteiger partial charge in [-0.05, 0) is 13.8 Å². The van der Waals surface area contributed by atoms with E-state index in [1.165, 1.54) is 23.5 Å². The number of ketones is 1. The van der Waals surface area contributed by atoms with Crippen molar-refractivity contribution in [3.63, 3.8) is 0 Å².